The number of ether oxygens (including phenoxy) is 1. The van der Waals surface area contributed by atoms with Crippen molar-refractivity contribution in [3.8, 4) is 0 Å². The Bertz CT molecular complexity index is 661. The fraction of sp³-hybridized carbons (Fsp3) is 0.880. The van der Waals surface area contributed by atoms with Crippen LogP contribution in [-0.4, -0.2) is 27.8 Å². The van der Waals surface area contributed by atoms with Gasteiger partial charge in [-0.2, -0.15) is 4.98 Å². The minimum Gasteiger partial charge on any atom is -0.460 e. The second-order valence-corrected chi connectivity index (χ2v) is 10.3. The van der Waals surface area contributed by atoms with Gasteiger partial charge in [0.25, 0.3) is 0 Å². The second kappa shape index (κ2) is 12.0. The van der Waals surface area contributed by atoms with Crippen LogP contribution in [0.5, 0.6) is 0 Å². The van der Waals surface area contributed by atoms with Gasteiger partial charge in [0.05, 0.1) is 13.0 Å². The first-order valence-corrected chi connectivity index (χ1v) is 12.7. The van der Waals surface area contributed by atoms with Gasteiger partial charge in [-0.25, -0.2) is 0 Å². The molecule has 6 nitrogen and oxygen atoms in total. The zero-order valence-electron chi connectivity index (χ0n) is 20.0. The number of hydrogen-bond acceptors (Lipinski definition) is 6. The van der Waals surface area contributed by atoms with Gasteiger partial charge in [-0.3, -0.25) is 4.79 Å². The van der Waals surface area contributed by atoms with Gasteiger partial charge in [0.15, 0.2) is 5.82 Å². The summed E-state index contributed by atoms with van der Waals surface area (Å²) < 4.78 is 11.3. The van der Waals surface area contributed by atoms with E-state index in [0.29, 0.717) is 30.7 Å². The van der Waals surface area contributed by atoms with Crippen molar-refractivity contribution in [1.82, 2.24) is 15.5 Å². The maximum Gasteiger partial charge on any atom is 0.307 e. The fourth-order valence-corrected chi connectivity index (χ4v) is 4.94. The Labute approximate surface area is 188 Å². The van der Waals surface area contributed by atoms with Gasteiger partial charge in [-0.15, -0.1) is 0 Å². The average Bonchev–Trinajstić information content (AvgIpc) is 3.44. The summed E-state index contributed by atoms with van der Waals surface area (Å²) in [6, 6.07) is 0.569. The van der Waals surface area contributed by atoms with Crippen LogP contribution in [0.2, 0.25) is 0 Å². The van der Waals surface area contributed by atoms with Crippen LogP contribution in [0.1, 0.15) is 128 Å². The van der Waals surface area contributed by atoms with E-state index in [2.05, 4.69) is 15.5 Å². The molecule has 0 amide bonds. The molecule has 0 radical (unpaired) electrons. The lowest BCUT2D eigenvalue weighted by Crippen LogP contribution is -2.28. The van der Waals surface area contributed by atoms with Crippen LogP contribution >= 0.6 is 0 Å². The molecule has 0 aliphatic heterocycles. The number of aromatic nitrogens is 2. The molecule has 2 saturated carbocycles. The summed E-state index contributed by atoms with van der Waals surface area (Å²) in [7, 11) is 0. The first kappa shape index (κ1) is 24.2. The van der Waals surface area contributed by atoms with E-state index < -0.39 is 5.60 Å². The molecular weight excluding hydrogens is 390 g/mol. The summed E-state index contributed by atoms with van der Waals surface area (Å²) in [5, 5.41) is 7.73. The quantitative estimate of drug-likeness (QED) is 0.404. The topological polar surface area (TPSA) is 77.2 Å². The lowest BCUT2D eigenvalue weighted by molar-refractivity contribution is -0.157. The number of esters is 1. The lowest BCUT2D eigenvalue weighted by atomic mass is 9.84. The van der Waals surface area contributed by atoms with Gasteiger partial charge in [0.1, 0.15) is 5.60 Å². The summed E-state index contributed by atoms with van der Waals surface area (Å²) in [5.74, 6) is 1.91. The van der Waals surface area contributed by atoms with Crippen molar-refractivity contribution < 1.29 is 14.1 Å². The Morgan fingerprint density at radius 2 is 1.87 bits per heavy atom. The molecule has 1 aromatic rings. The molecule has 6 heteroatoms. The first-order valence-electron chi connectivity index (χ1n) is 12.7. The van der Waals surface area contributed by atoms with E-state index in [0.717, 1.165) is 25.2 Å². The van der Waals surface area contributed by atoms with Crippen LogP contribution in [0.25, 0.3) is 0 Å². The number of hydrogen-bond donors (Lipinski definition) is 1. The third-order valence-corrected chi connectivity index (χ3v) is 7.28. The van der Waals surface area contributed by atoms with E-state index in [1.54, 1.807) is 0 Å². The molecular formula is C25H43N3O3. The largest absolute Gasteiger partial charge is 0.460 e. The molecule has 0 saturated heterocycles. The third-order valence-electron chi connectivity index (χ3n) is 7.28. The van der Waals surface area contributed by atoms with Gasteiger partial charge in [-0.1, -0.05) is 69.9 Å². The van der Waals surface area contributed by atoms with Crippen LogP contribution in [0.3, 0.4) is 0 Å². The Balaban J connectivity index is 1.56. The average molecular weight is 434 g/mol. The van der Waals surface area contributed by atoms with E-state index in [1.807, 2.05) is 20.8 Å². The molecule has 2 aliphatic rings. The van der Waals surface area contributed by atoms with Crippen LogP contribution in [0.15, 0.2) is 4.52 Å². The highest BCUT2D eigenvalue weighted by Crippen LogP contribution is 2.31. The number of rotatable bonds is 12. The highest BCUT2D eigenvalue weighted by atomic mass is 16.6. The van der Waals surface area contributed by atoms with Gasteiger partial charge >= 0.3 is 5.97 Å². The minimum absolute atomic E-state index is 0.0588. The molecule has 0 bridgehead atoms. The molecule has 0 unspecified atom stereocenters. The van der Waals surface area contributed by atoms with Gasteiger partial charge in [0, 0.05) is 12.0 Å². The Morgan fingerprint density at radius 3 is 2.58 bits per heavy atom. The Kier molecular flexibility index (Phi) is 9.36. The summed E-state index contributed by atoms with van der Waals surface area (Å²) in [6.07, 6.45) is 16.2. The van der Waals surface area contributed by atoms with Gasteiger partial charge < -0.3 is 14.6 Å². The first-order chi connectivity index (χ1) is 14.9. The van der Waals surface area contributed by atoms with Crippen LogP contribution in [0, 0.1) is 5.92 Å². The Hall–Kier alpha value is -1.43. The lowest BCUT2D eigenvalue weighted by Gasteiger charge is -2.25. The van der Waals surface area contributed by atoms with E-state index in [1.165, 1.54) is 64.2 Å². The summed E-state index contributed by atoms with van der Waals surface area (Å²) in [5.41, 5.74) is -0.436. The van der Waals surface area contributed by atoms with Crippen molar-refractivity contribution >= 4 is 5.97 Å². The number of nitrogens with one attached hydrogen (secondary N) is 1. The minimum atomic E-state index is -0.436. The standard InChI is InChI=1S/C25H43N3O3/c1-4-25(2,3)30-23(29)17-20(14-10-13-19-11-6-5-7-12-19)24-27-22(28-31-24)18-26-21-15-8-9-16-21/h19-21,26H,4-18H2,1-3H3/t20-/m1/s1. The van der Waals surface area contributed by atoms with Crippen LogP contribution in [0.4, 0.5) is 0 Å². The van der Waals surface area contributed by atoms with Crippen molar-refractivity contribution in [2.45, 2.75) is 135 Å². The van der Waals surface area contributed by atoms with E-state index in [-0.39, 0.29) is 11.9 Å². The van der Waals surface area contributed by atoms with E-state index >= 15 is 0 Å². The Morgan fingerprint density at radius 1 is 1.16 bits per heavy atom. The van der Waals surface area contributed by atoms with Crippen molar-refractivity contribution in [3.63, 3.8) is 0 Å². The predicted octanol–water partition coefficient (Wildman–Crippen LogP) is 6.06. The molecule has 176 valence electrons. The van der Waals surface area contributed by atoms with E-state index in [9.17, 15) is 4.79 Å². The summed E-state index contributed by atoms with van der Waals surface area (Å²) in [4.78, 5) is 17.3. The smallest absolute Gasteiger partial charge is 0.307 e. The van der Waals surface area contributed by atoms with Crippen molar-refractivity contribution in [1.29, 1.82) is 0 Å². The number of carbonyl (C=O) groups is 1. The zero-order chi connectivity index (χ0) is 22.1. The van der Waals surface area contributed by atoms with Crippen LogP contribution in [-0.2, 0) is 16.1 Å². The molecule has 1 N–H and O–H groups in total. The molecule has 1 atom stereocenters. The molecule has 1 aromatic heterocycles. The fourth-order valence-electron chi connectivity index (χ4n) is 4.94. The third kappa shape index (κ3) is 8.21. The molecule has 2 fully saturated rings. The molecule has 2 aliphatic carbocycles. The molecule has 0 aromatic carbocycles. The molecule has 3 rings (SSSR count). The maximum atomic E-state index is 12.6. The number of nitrogens with zero attached hydrogens (tertiary/aromatic N) is 2. The summed E-state index contributed by atoms with van der Waals surface area (Å²) in [6.45, 7) is 6.60. The molecule has 31 heavy (non-hydrogen) atoms. The molecule has 0 spiro atoms. The van der Waals surface area contributed by atoms with Gasteiger partial charge in [0.2, 0.25) is 5.89 Å². The monoisotopic (exact) mass is 433 g/mol. The van der Waals surface area contributed by atoms with Crippen LogP contribution < -0.4 is 5.32 Å². The zero-order valence-corrected chi connectivity index (χ0v) is 20.0. The second-order valence-electron chi connectivity index (χ2n) is 10.3. The highest BCUT2D eigenvalue weighted by Gasteiger charge is 2.27. The van der Waals surface area contributed by atoms with Gasteiger partial charge in [-0.05, 0) is 45.4 Å². The van der Waals surface area contributed by atoms with Crippen molar-refractivity contribution in [2.75, 3.05) is 0 Å². The highest BCUT2D eigenvalue weighted by molar-refractivity contribution is 5.70. The molecule has 1 heterocycles. The van der Waals surface area contributed by atoms with Crippen molar-refractivity contribution in [3.05, 3.63) is 11.7 Å². The maximum absolute atomic E-state index is 12.6. The summed E-state index contributed by atoms with van der Waals surface area (Å²) >= 11 is 0. The number of carbonyl (C=O) groups excluding carboxylic acids is 1. The SMILES string of the molecule is CCC(C)(C)OC(=O)C[C@@H](CCCC1CCCCC1)c1nc(CNC2CCCC2)no1. The van der Waals surface area contributed by atoms with Crippen molar-refractivity contribution in [2.24, 2.45) is 5.92 Å². The normalized spacial score (nSPS) is 19.6. The van der Waals surface area contributed by atoms with E-state index in [4.69, 9.17) is 9.26 Å². The predicted molar refractivity (Wildman–Crippen MR) is 122 cm³/mol.